The van der Waals surface area contributed by atoms with Crippen molar-refractivity contribution in [1.82, 2.24) is 14.5 Å². The highest BCUT2D eigenvalue weighted by atomic mass is 32.1. The highest BCUT2D eigenvalue weighted by molar-refractivity contribution is 7.10. The number of aromatic nitrogens is 3. The first kappa shape index (κ1) is 12.6. The van der Waals surface area contributed by atoms with E-state index in [0.717, 1.165) is 21.8 Å². The van der Waals surface area contributed by atoms with Crippen LogP contribution in [0.1, 0.15) is 5.69 Å². The van der Waals surface area contributed by atoms with Gasteiger partial charge in [0.25, 0.3) is 5.89 Å². The summed E-state index contributed by atoms with van der Waals surface area (Å²) in [6.45, 7) is 1.90. The first-order chi connectivity index (χ1) is 9.69. The van der Waals surface area contributed by atoms with Gasteiger partial charge in [-0.1, -0.05) is 5.16 Å². The summed E-state index contributed by atoms with van der Waals surface area (Å²) in [5.74, 6) is 1.11. The van der Waals surface area contributed by atoms with Crippen molar-refractivity contribution in [3.8, 4) is 28.6 Å². The Bertz CT molecular complexity index is 733. The number of aryl methyl sites for hydroxylation is 1. The molecule has 1 aromatic carbocycles. The SMILES string of the molecule is CNc1snc(C)c1-c1nc(-c2ccc(O)cc2)no1. The van der Waals surface area contributed by atoms with Crippen molar-refractivity contribution in [2.24, 2.45) is 0 Å². The second-order valence-electron chi connectivity index (χ2n) is 4.19. The van der Waals surface area contributed by atoms with Gasteiger partial charge in [-0.2, -0.15) is 9.36 Å². The Labute approximate surface area is 119 Å². The van der Waals surface area contributed by atoms with Crippen molar-refractivity contribution in [2.45, 2.75) is 6.92 Å². The van der Waals surface area contributed by atoms with Gasteiger partial charge in [0.1, 0.15) is 10.8 Å². The van der Waals surface area contributed by atoms with Gasteiger partial charge < -0.3 is 14.9 Å². The molecule has 20 heavy (non-hydrogen) atoms. The average molecular weight is 288 g/mol. The van der Waals surface area contributed by atoms with Crippen LogP contribution in [-0.4, -0.2) is 26.7 Å². The maximum absolute atomic E-state index is 9.28. The lowest BCUT2D eigenvalue weighted by Gasteiger charge is -1.97. The first-order valence-electron chi connectivity index (χ1n) is 5.96. The number of phenolic OH excluding ortho intramolecular Hbond substituents is 1. The molecule has 0 fully saturated rings. The molecule has 0 saturated carbocycles. The van der Waals surface area contributed by atoms with Gasteiger partial charge in [-0.05, 0) is 42.7 Å². The van der Waals surface area contributed by atoms with Crippen LogP contribution in [0, 0.1) is 6.92 Å². The van der Waals surface area contributed by atoms with Crippen molar-refractivity contribution in [3.63, 3.8) is 0 Å². The van der Waals surface area contributed by atoms with Gasteiger partial charge in [-0.25, -0.2) is 0 Å². The number of nitrogens with one attached hydrogen (secondary N) is 1. The highest BCUT2D eigenvalue weighted by Gasteiger charge is 2.19. The van der Waals surface area contributed by atoms with E-state index in [1.54, 1.807) is 24.3 Å². The van der Waals surface area contributed by atoms with Gasteiger partial charge in [0.15, 0.2) is 0 Å². The maximum atomic E-state index is 9.28. The van der Waals surface area contributed by atoms with E-state index >= 15 is 0 Å². The second-order valence-corrected chi connectivity index (χ2v) is 4.97. The van der Waals surface area contributed by atoms with E-state index < -0.39 is 0 Å². The van der Waals surface area contributed by atoms with Crippen LogP contribution in [0.5, 0.6) is 5.75 Å². The fourth-order valence-electron chi connectivity index (χ4n) is 1.84. The van der Waals surface area contributed by atoms with Gasteiger partial charge in [-0.15, -0.1) is 0 Å². The summed E-state index contributed by atoms with van der Waals surface area (Å²) in [5, 5.41) is 17.2. The molecule has 0 aliphatic carbocycles. The molecule has 0 saturated heterocycles. The molecule has 3 rings (SSSR count). The van der Waals surface area contributed by atoms with Gasteiger partial charge in [0.2, 0.25) is 5.82 Å². The molecule has 0 aliphatic heterocycles. The molecule has 3 aromatic rings. The molecule has 6 nitrogen and oxygen atoms in total. The van der Waals surface area contributed by atoms with Crippen molar-refractivity contribution in [1.29, 1.82) is 0 Å². The van der Waals surface area contributed by atoms with Gasteiger partial charge >= 0.3 is 0 Å². The molecule has 2 heterocycles. The zero-order valence-electron chi connectivity index (χ0n) is 10.9. The fraction of sp³-hybridized carbons (Fsp3) is 0.154. The van der Waals surface area contributed by atoms with Crippen LogP contribution in [-0.2, 0) is 0 Å². The topological polar surface area (TPSA) is 84.1 Å². The summed E-state index contributed by atoms with van der Waals surface area (Å²) < 4.78 is 9.60. The largest absolute Gasteiger partial charge is 0.508 e. The van der Waals surface area contributed by atoms with E-state index in [1.165, 1.54) is 11.5 Å². The number of hydrogen-bond donors (Lipinski definition) is 2. The lowest BCUT2D eigenvalue weighted by atomic mass is 10.2. The normalized spacial score (nSPS) is 10.7. The van der Waals surface area contributed by atoms with E-state index in [2.05, 4.69) is 19.8 Å². The molecule has 102 valence electrons. The first-order valence-corrected chi connectivity index (χ1v) is 6.74. The zero-order valence-corrected chi connectivity index (χ0v) is 11.7. The molecular weight excluding hydrogens is 276 g/mol. The minimum atomic E-state index is 0.202. The Balaban J connectivity index is 2.02. The Kier molecular flexibility index (Phi) is 3.11. The summed E-state index contributed by atoms with van der Waals surface area (Å²) in [6.07, 6.45) is 0. The van der Waals surface area contributed by atoms with E-state index in [4.69, 9.17) is 4.52 Å². The summed E-state index contributed by atoms with van der Waals surface area (Å²) in [4.78, 5) is 4.39. The molecule has 0 amide bonds. The van der Waals surface area contributed by atoms with Gasteiger partial charge in [0, 0.05) is 12.6 Å². The third-order valence-electron chi connectivity index (χ3n) is 2.86. The molecule has 0 atom stereocenters. The zero-order chi connectivity index (χ0) is 14.1. The number of hydrogen-bond acceptors (Lipinski definition) is 7. The second kappa shape index (κ2) is 4.93. The van der Waals surface area contributed by atoms with Gasteiger partial charge in [0.05, 0.1) is 11.3 Å². The molecule has 0 spiro atoms. The van der Waals surface area contributed by atoms with Crippen LogP contribution in [0.3, 0.4) is 0 Å². The number of rotatable bonds is 3. The van der Waals surface area contributed by atoms with Crippen molar-refractivity contribution >= 4 is 16.5 Å². The molecule has 2 aromatic heterocycles. The average Bonchev–Trinajstić information content (AvgIpc) is 3.05. The minimum absolute atomic E-state index is 0.202. The summed E-state index contributed by atoms with van der Waals surface area (Å²) in [7, 11) is 1.83. The van der Waals surface area contributed by atoms with Crippen molar-refractivity contribution < 1.29 is 9.63 Å². The fourth-order valence-corrected chi connectivity index (χ4v) is 2.58. The van der Waals surface area contributed by atoms with Crippen molar-refractivity contribution in [2.75, 3.05) is 12.4 Å². The van der Waals surface area contributed by atoms with Crippen LogP contribution in [0.4, 0.5) is 5.00 Å². The Morgan fingerprint density at radius 3 is 2.70 bits per heavy atom. The monoisotopic (exact) mass is 288 g/mol. The Morgan fingerprint density at radius 2 is 2.00 bits per heavy atom. The minimum Gasteiger partial charge on any atom is -0.508 e. The quantitative estimate of drug-likeness (QED) is 0.771. The van der Waals surface area contributed by atoms with Crippen LogP contribution >= 0.6 is 11.5 Å². The number of nitrogens with zero attached hydrogens (tertiary/aromatic N) is 3. The van der Waals surface area contributed by atoms with Crippen LogP contribution in [0.15, 0.2) is 28.8 Å². The molecule has 0 bridgehead atoms. The lowest BCUT2D eigenvalue weighted by Crippen LogP contribution is -1.88. The van der Waals surface area contributed by atoms with E-state index in [1.807, 2.05) is 14.0 Å². The Hall–Kier alpha value is -2.41. The number of anilines is 1. The number of benzene rings is 1. The standard InChI is InChI=1S/C13H12N4O2S/c1-7-10(13(14-2)20-17-7)12-15-11(16-19-12)8-3-5-9(18)6-4-8/h3-6,14,18H,1-2H3. The summed E-state index contributed by atoms with van der Waals surface area (Å²) >= 11 is 1.36. The van der Waals surface area contributed by atoms with Crippen LogP contribution < -0.4 is 5.32 Å². The molecule has 0 radical (unpaired) electrons. The predicted molar refractivity (Wildman–Crippen MR) is 76.8 cm³/mol. The molecular formula is C13H12N4O2S. The number of aromatic hydroxyl groups is 1. The predicted octanol–water partition coefficient (Wildman–Crippen LogP) is 2.92. The molecule has 0 aliphatic rings. The Morgan fingerprint density at radius 1 is 1.25 bits per heavy atom. The number of phenols is 1. The highest BCUT2D eigenvalue weighted by Crippen LogP contribution is 2.34. The van der Waals surface area contributed by atoms with Crippen molar-refractivity contribution in [3.05, 3.63) is 30.0 Å². The third-order valence-corrected chi connectivity index (χ3v) is 3.81. The van der Waals surface area contributed by atoms with Crippen LogP contribution in [0.2, 0.25) is 0 Å². The van der Waals surface area contributed by atoms with Gasteiger partial charge in [-0.3, -0.25) is 0 Å². The summed E-state index contributed by atoms with van der Waals surface area (Å²) in [6, 6.07) is 6.65. The van der Waals surface area contributed by atoms with E-state index in [-0.39, 0.29) is 5.75 Å². The smallest absolute Gasteiger partial charge is 0.263 e. The maximum Gasteiger partial charge on any atom is 0.263 e. The van der Waals surface area contributed by atoms with E-state index in [0.29, 0.717) is 11.7 Å². The molecule has 2 N–H and O–H groups in total. The van der Waals surface area contributed by atoms with Crippen LogP contribution in [0.25, 0.3) is 22.8 Å². The summed E-state index contributed by atoms with van der Waals surface area (Å²) in [5.41, 5.74) is 2.46. The molecule has 0 unspecified atom stereocenters. The lowest BCUT2D eigenvalue weighted by molar-refractivity contribution is 0.432. The molecule has 7 heteroatoms. The third kappa shape index (κ3) is 2.12. The van der Waals surface area contributed by atoms with E-state index in [9.17, 15) is 5.11 Å².